The fourth-order valence-corrected chi connectivity index (χ4v) is 2.48. The lowest BCUT2D eigenvalue weighted by atomic mass is 10.0. The Morgan fingerprint density at radius 3 is 2.67 bits per heavy atom. The van der Waals surface area contributed by atoms with Crippen molar-refractivity contribution in [2.45, 2.75) is 11.2 Å². The summed E-state index contributed by atoms with van der Waals surface area (Å²) in [7, 11) is 1.65. The molecule has 0 radical (unpaired) electrons. The van der Waals surface area contributed by atoms with E-state index in [-0.39, 0.29) is 10.6 Å². The van der Waals surface area contributed by atoms with Crippen molar-refractivity contribution in [3.05, 3.63) is 65.5 Å². The molecular formula is C15H14BrFO. The summed E-state index contributed by atoms with van der Waals surface area (Å²) in [4.78, 5) is 0.148. The summed E-state index contributed by atoms with van der Waals surface area (Å²) in [5, 5.41) is 0. The topological polar surface area (TPSA) is 9.23 Å². The second kappa shape index (κ2) is 6.01. The third-order valence-electron chi connectivity index (χ3n) is 2.76. The Balaban J connectivity index is 2.13. The smallest absolute Gasteiger partial charge is 0.123 e. The minimum atomic E-state index is -0.196. The highest BCUT2D eigenvalue weighted by Crippen LogP contribution is 2.29. The summed E-state index contributed by atoms with van der Waals surface area (Å²) in [5.41, 5.74) is 2.10. The van der Waals surface area contributed by atoms with Crippen LogP contribution in [0, 0.1) is 5.82 Å². The molecule has 0 aliphatic rings. The van der Waals surface area contributed by atoms with E-state index in [4.69, 9.17) is 4.74 Å². The molecule has 0 aromatic heterocycles. The number of methoxy groups -OCH3 is 1. The molecule has 0 amide bonds. The van der Waals surface area contributed by atoms with Gasteiger partial charge in [0, 0.05) is 4.83 Å². The molecule has 0 N–H and O–H groups in total. The number of rotatable bonds is 4. The quantitative estimate of drug-likeness (QED) is 0.755. The van der Waals surface area contributed by atoms with Crippen LogP contribution in [0.25, 0.3) is 0 Å². The van der Waals surface area contributed by atoms with Gasteiger partial charge in [-0.3, -0.25) is 0 Å². The zero-order valence-corrected chi connectivity index (χ0v) is 11.7. The summed E-state index contributed by atoms with van der Waals surface area (Å²) in [6.45, 7) is 0. The number of alkyl halides is 1. The van der Waals surface area contributed by atoms with E-state index in [1.165, 1.54) is 6.07 Å². The van der Waals surface area contributed by atoms with Gasteiger partial charge in [0.25, 0.3) is 0 Å². The van der Waals surface area contributed by atoms with Crippen LogP contribution in [0.1, 0.15) is 16.0 Å². The molecule has 2 aromatic rings. The van der Waals surface area contributed by atoms with Crippen molar-refractivity contribution in [1.29, 1.82) is 0 Å². The van der Waals surface area contributed by atoms with Gasteiger partial charge in [-0.15, -0.1) is 0 Å². The average molecular weight is 309 g/mol. The number of benzene rings is 2. The number of halogens is 2. The van der Waals surface area contributed by atoms with Gasteiger partial charge in [0.05, 0.1) is 7.11 Å². The van der Waals surface area contributed by atoms with Gasteiger partial charge in [0.2, 0.25) is 0 Å². The molecule has 0 heterocycles. The number of hydrogen-bond donors (Lipinski definition) is 0. The van der Waals surface area contributed by atoms with Crippen molar-refractivity contribution in [3.8, 4) is 5.75 Å². The van der Waals surface area contributed by atoms with E-state index in [1.807, 2.05) is 30.3 Å². The molecule has 1 nitrogen and oxygen atoms in total. The predicted molar refractivity (Wildman–Crippen MR) is 74.8 cm³/mol. The highest BCUT2D eigenvalue weighted by Gasteiger charge is 2.09. The van der Waals surface area contributed by atoms with E-state index in [0.29, 0.717) is 0 Å². The molecule has 1 atom stereocenters. The first-order valence-corrected chi connectivity index (χ1v) is 6.63. The van der Waals surface area contributed by atoms with E-state index in [9.17, 15) is 4.39 Å². The van der Waals surface area contributed by atoms with Gasteiger partial charge < -0.3 is 4.74 Å². The van der Waals surface area contributed by atoms with Crippen LogP contribution in [-0.4, -0.2) is 7.11 Å². The largest absolute Gasteiger partial charge is 0.497 e. The monoisotopic (exact) mass is 308 g/mol. The second-order valence-electron chi connectivity index (χ2n) is 4.08. The number of ether oxygens (including phenoxy) is 1. The molecule has 0 aliphatic carbocycles. The standard InChI is InChI=1S/C15H14BrFO/c1-18-14-7-3-5-12(10-14)15(16)9-11-4-2-6-13(17)8-11/h2-8,10,15H,9H2,1H3. The Hall–Kier alpha value is -1.35. The van der Waals surface area contributed by atoms with Crippen LogP contribution >= 0.6 is 15.9 Å². The minimum absolute atomic E-state index is 0.148. The first-order chi connectivity index (χ1) is 8.69. The molecule has 3 heteroatoms. The van der Waals surface area contributed by atoms with E-state index >= 15 is 0 Å². The van der Waals surface area contributed by atoms with Crippen molar-refractivity contribution in [3.63, 3.8) is 0 Å². The molecule has 94 valence electrons. The maximum Gasteiger partial charge on any atom is 0.123 e. The molecule has 2 rings (SSSR count). The zero-order chi connectivity index (χ0) is 13.0. The maximum atomic E-state index is 13.1. The van der Waals surface area contributed by atoms with Crippen molar-refractivity contribution in [2.75, 3.05) is 7.11 Å². The summed E-state index contributed by atoms with van der Waals surface area (Å²) < 4.78 is 18.3. The Bertz CT molecular complexity index is 527. The van der Waals surface area contributed by atoms with Gasteiger partial charge in [-0.1, -0.05) is 40.2 Å². The van der Waals surface area contributed by atoms with Crippen molar-refractivity contribution >= 4 is 15.9 Å². The molecule has 18 heavy (non-hydrogen) atoms. The molecule has 0 spiro atoms. The van der Waals surface area contributed by atoms with Gasteiger partial charge in [-0.05, 0) is 41.8 Å². The van der Waals surface area contributed by atoms with E-state index in [0.717, 1.165) is 23.3 Å². The Morgan fingerprint density at radius 1 is 1.17 bits per heavy atom. The third kappa shape index (κ3) is 3.33. The van der Waals surface area contributed by atoms with E-state index < -0.39 is 0 Å². The lowest BCUT2D eigenvalue weighted by Gasteiger charge is -2.11. The van der Waals surface area contributed by atoms with Crippen molar-refractivity contribution in [1.82, 2.24) is 0 Å². The van der Waals surface area contributed by atoms with E-state index in [2.05, 4.69) is 15.9 Å². The van der Waals surface area contributed by atoms with Crippen molar-refractivity contribution < 1.29 is 9.13 Å². The summed E-state index contributed by atoms with van der Waals surface area (Å²) in [6, 6.07) is 14.6. The van der Waals surface area contributed by atoms with Crippen LogP contribution in [0.2, 0.25) is 0 Å². The zero-order valence-electron chi connectivity index (χ0n) is 10.1. The van der Waals surface area contributed by atoms with Crippen LogP contribution in [0.4, 0.5) is 4.39 Å². The fourth-order valence-electron chi connectivity index (χ4n) is 1.83. The third-order valence-corrected chi connectivity index (χ3v) is 3.61. The molecule has 0 fully saturated rings. The van der Waals surface area contributed by atoms with Crippen LogP contribution < -0.4 is 4.74 Å². The lowest BCUT2D eigenvalue weighted by Crippen LogP contribution is -1.96. The highest BCUT2D eigenvalue weighted by atomic mass is 79.9. The van der Waals surface area contributed by atoms with Gasteiger partial charge in [0.1, 0.15) is 11.6 Å². The second-order valence-corrected chi connectivity index (χ2v) is 5.18. The van der Waals surface area contributed by atoms with Crippen LogP contribution in [0.3, 0.4) is 0 Å². The predicted octanol–water partition coefficient (Wildman–Crippen LogP) is 4.51. The summed E-state index contributed by atoms with van der Waals surface area (Å²) >= 11 is 3.63. The molecule has 0 saturated heterocycles. The molecule has 0 saturated carbocycles. The normalized spacial score (nSPS) is 12.2. The molecule has 2 aromatic carbocycles. The molecule has 0 aliphatic heterocycles. The highest BCUT2D eigenvalue weighted by molar-refractivity contribution is 9.09. The van der Waals surface area contributed by atoms with Gasteiger partial charge >= 0.3 is 0 Å². The molecule has 0 bridgehead atoms. The summed E-state index contributed by atoms with van der Waals surface area (Å²) in [5.74, 6) is 0.633. The van der Waals surface area contributed by atoms with Crippen LogP contribution in [-0.2, 0) is 6.42 Å². The lowest BCUT2D eigenvalue weighted by molar-refractivity contribution is 0.414. The van der Waals surface area contributed by atoms with Crippen LogP contribution in [0.5, 0.6) is 5.75 Å². The Kier molecular flexibility index (Phi) is 4.37. The minimum Gasteiger partial charge on any atom is -0.497 e. The SMILES string of the molecule is COc1cccc(C(Br)Cc2cccc(F)c2)c1. The first-order valence-electron chi connectivity index (χ1n) is 5.71. The summed E-state index contributed by atoms with van der Waals surface area (Å²) in [6.07, 6.45) is 0.741. The maximum absolute atomic E-state index is 13.1. The Morgan fingerprint density at radius 2 is 1.94 bits per heavy atom. The fraction of sp³-hybridized carbons (Fsp3) is 0.200. The van der Waals surface area contributed by atoms with E-state index in [1.54, 1.807) is 19.2 Å². The number of hydrogen-bond acceptors (Lipinski definition) is 1. The van der Waals surface area contributed by atoms with Crippen molar-refractivity contribution in [2.24, 2.45) is 0 Å². The average Bonchev–Trinajstić information content (AvgIpc) is 2.39. The van der Waals surface area contributed by atoms with Gasteiger partial charge in [-0.2, -0.15) is 0 Å². The Labute approximate surface area is 115 Å². The van der Waals surface area contributed by atoms with Crippen LogP contribution in [0.15, 0.2) is 48.5 Å². The molecular weight excluding hydrogens is 295 g/mol. The first kappa shape index (κ1) is 13.1. The molecule has 1 unspecified atom stereocenters. The van der Waals surface area contributed by atoms with Gasteiger partial charge in [-0.25, -0.2) is 4.39 Å². The van der Waals surface area contributed by atoms with Gasteiger partial charge in [0.15, 0.2) is 0 Å².